The van der Waals surface area contributed by atoms with Gasteiger partial charge in [-0.2, -0.15) is 0 Å². The summed E-state index contributed by atoms with van der Waals surface area (Å²) in [5.74, 6) is -0.742. The number of nitrogens with one attached hydrogen (secondary N) is 1. The van der Waals surface area contributed by atoms with Gasteiger partial charge in [0, 0.05) is 6.42 Å². The van der Waals surface area contributed by atoms with Crippen LogP contribution in [0.2, 0.25) is 0 Å². The van der Waals surface area contributed by atoms with Crippen LogP contribution in [0.25, 0.3) is 0 Å². The fourth-order valence-corrected chi connectivity index (χ4v) is 2.50. The molecule has 25 heavy (non-hydrogen) atoms. The number of rotatable bonds is 7. The Morgan fingerprint density at radius 1 is 1.12 bits per heavy atom. The molecule has 0 unspecified atom stereocenters. The molecule has 0 bridgehead atoms. The molecule has 0 radical (unpaired) electrons. The highest BCUT2D eigenvalue weighted by Gasteiger charge is 2.23. The zero-order valence-corrected chi connectivity index (χ0v) is 14.1. The highest BCUT2D eigenvalue weighted by molar-refractivity contribution is 5.85. The van der Waals surface area contributed by atoms with Crippen LogP contribution in [0.15, 0.2) is 48.5 Å². The minimum absolute atomic E-state index is 0.0306. The van der Waals surface area contributed by atoms with E-state index in [-0.39, 0.29) is 12.8 Å². The summed E-state index contributed by atoms with van der Waals surface area (Å²) in [5, 5.41) is 2.64. The number of para-hydroxylation sites is 1. The predicted octanol–water partition coefficient (Wildman–Crippen LogP) is 2.28. The van der Waals surface area contributed by atoms with Gasteiger partial charge >= 0.3 is 5.97 Å². The lowest BCUT2D eigenvalue weighted by atomic mass is 10.0. The van der Waals surface area contributed by atoms with E-state index in [4.69, 9.17) is 9.47 Å². The minimum atomic E-state index is -0.859. The molecule has 6 heteroatoms. The fourth-order valence-electron chi connectivity index (χ4n) is 2.50. The average molecular weight is 345 g/mol. The average Bonchev–Trinajstić information content (AvgIpc) is 2.60. The Hall–Kier alpha value is -2.89. The Kier molecular flexibility index (Phi) is 6.51. The first kappa shape index (κ1) is 18.4. The predicted molar refractivity (Wildman–Crippen MR) is 90.7 cm³/mol. The number of hydrogen-bond acceptors (Lipinski definition) is 4. The molecular weight excluding hydrogens is 325 g/mol. The largest absolute Gasteiger partial charge is 0.496 e. The van der Waals surface area contributed by atoms with Gasteiger partial charge in [-0.15, -0.1) is 0 Å². The van der Waals surface area contributed by atoms with E-state index in [1.165, 1.54) is 32.4 Å². The summed E-state index contributed by atoms with van der Waals surface area (Å²) in [5.41, 5.74) is 1.30. The van der Waals surface area contributed by atoms with Crippen LogP contribution in [0.1, 0.15) is 11.1 Å². The Bertz CT molecular complexity index is 748. The Morgan fingerprint density at radius 3 is 2.56 bits per heavy atom. The van der Waals surface area contributed by atoms with Crippen molar-refractivity contribution in [3.8, 4) is 5.75 Å². The zero-order valence-electron chi connectivity index (χ0n) is 14.1. The SMILES string of the molecule is COC(=O)[C@H](Cc1ccccc1OC)NC(=O)Cc1cccc(F)c1. The van der Waals surface area contributed by atoms with Crippen LogP contribution in [0.3, 0.4) is 0 Å². The standard InChI is InChI=1S/C19H20FNO4/c1-24-17-9-4-3-7-14(17)12-16(19(23)25-2)21-18(22)11-13-6-5-8-15(20)10-13/h3-10,16H,11-12H2,1-2H3,(H,21,22)/t16-/m0/s1. The third-order valence-corrected chi connectivity index (χ3v) is 3.69. The number of carbonyl (C=O) groups is 2. The molecule has 0 aromatic heterocycles. The second-order valence-electron chi connectivity index (χ2n) is 5.47. The van der Waals surface area contributed by atoms with Gasteiger partial charge in [0.05, 0.1) is 20.6 Å². The van der Waals surface area contributed by atoms with Crippen molar-refractivity contribution in [1.29, 1.82) is 0 Å². The number of ether oxygens (including phenoxy) is 2. The van der Waals surface area contributed by atoms with Crippen molar-refractivity contribution in [2.75, 3.05) is 14.2 Å². The van der Waals surface area contributed by atoms with Crippen molar-refractivity contribution >= 4 is 11.9 Å². The smallest absolute Gasteiger partial charge is 0.328 e. The molecule has 1 amide bonds. The number of carbonyl (C=O) groups excluding carboxylic acids is 2. The molecule has 1 atom stereocenters. The van der Waals surface area contributed by atoms with Gasteiger partial charge < -0.3 is 14.8 Å². The Balaban J connectivity index is 2.09. The maximum atomic E-state index is 13.2. The van der Waals surface area contributed by atoms with Crippen molar-refractivity contribution in [3.05, 3.63) is 65.5 Å². The summed E-state index contributed by atoms with van der Waals surface area (Å²) in [6, 6.07) is 12.1. The lowest BCUT2D eigenvalue weighted by molar-refractivity contribution is -0.145. The minimum Gasteiger partial charge on any atom is -0.496 e. The first-order valence-electron chi connectivity index (χ1n) is 7.77. The van der Waals surface area contributed by atoms with Crippen molar-refractivity contribution in [1.82, 2.24) is 5.32 Å². The molecule has 0 fully saturated rings. The van der Waals surface area contributed by atoms with Crippen molar-refractivity contribution < 1.29 is 23.5 Å². The zero-order chi connectivity index (χ0) is 18.2. The molecule has 2 rings (SSSR count). The van der Waals surface area contributed by atoms with Gasteiger partial charge in [0.25, 0.3) is 0 Å². The van der Waals surface area contributed by atoms with Gasteiger partial charge in [-0.25, -0.2) is 9.18 Å². The topological polar surface area (TPSA) is 64.6 Å². The van der Waals surface area contributed by atoms with E-state index in [2.05, 4.69) is 5.32 Å². The number of methoxy groups -OCH3 is 2. The Morgan fingerprint density at radius 2 is 1.88 bits per heavy atom. The highest BCUT2D eigenvalue weighted by Crippen LogP contribution is 2.19. The molecule has 0 aliphatic rings. The molecule has 0 aliphatic carbocycles. The molecule has 0 saturated carbocycles. The molecule has 5 nitrogen and oxygen atoms in total. The number of amides is 1. The molecule has 2 aromatic rings. The maximum Gasteiger partial charge on any atom is 0.328 e. The summed E-state index contributed by atoms with van der Waals surface area (Å²) in [6.07, 6.45) is 0.197. The van der Waals surface area contributed by atoms with Crippen LogP contribution in [0.5, 0.6) is 5.75 Å². The van der Waals surface area contributed by atoms with E-state index in [9.17, 15) is 14.0 Å². The van der Waals surface area contributed by atoms with E-state index in [0.29, 0.717) is 11.3 Å². The monoisotopic (exact) mass is 345 g/mol. The van der Waals surface area contributed by atoms with Crippen LogP contribution in [0.4, 0.5) is 4.39 Å². The van der Waals surface area contributed by atoms with Crippen molar-refractivity contribution in [3.63, 3.8) is 0 Å². The molecule has 132 valence electrons. The second kappa shape index (κ2) is 8.82. The molecule has 0 spiro atoms. The van der Waals surface area contributed by atoms with Gasteiger partial charge in [-0.3, -0.25) is 4.79 Å². The van der Waals surface area contributed by atoms with Crippen LogP contribution in [-0.2, 0) is 27.2 Å². The fraction of sp³-hybridized carbons (Fsp3) is 0.263. The third kappa shape index (κ3) is 5.31. The maximum absolute atomic E-state index is 13.2. The van der Waals surface area contributed by atoms with Crippen LogP contribution in [0, 0.1) is 5.82 Å². The van der Waals surface area contributed by atoms with Gasteiger partial charge in [0.1, 0.15) is 17.6 Å². The van der Waals surface area contributed by atoms with Crippen LogP contribution < -0.4 is 10.1 Å². The van der Waals surface area contributed by atoms with E-state index in [0.717, 1.165) is 5.56 Å². The molecule has 0 aliphatic heterocycles. The first-order chi connectivity index (χ1) is 12.0. The summed E-state index contributed by atoms with van der Waals surface area (Å²) in [4.78, 5) is 24.2. The number of halogens is 1. The van der Waals surface area contributed by atoms with Gasteiger partial charge in [-0.1, -0.05) is 30.3 Å². The lowest BCUT2D eigenvalue weighted by Crippen LogP contribution is -2.43. The number of esters is 1. The van der Waals surface area contributed by atoms with Gasteiger partial charge in [-0.05, 0) is 29.3 Å². The van der Waals surface area contributed by atoms with E-state index in [1.807, 2.05) is 18.2 Å². The summed E-state index contributed by atoms with van der Waals surface area (Å²) < 4.78 is 23.3. The van der Waals surface area contributed by atoms with Crippen molar-refractivity contribution in [2.45, 2.75) is 18.9 Å². The normalized spacial score (nSPS) is 11.5. The van der Waals surface area contributed by atoms with Crippen molar-refractivity contribution in [2.24, 2.45) is 0 Å². The highest BCUT2D eigenvalue weighted by atomic mass is 19.1. The molecular formula is C19H20FNO4. The lowest BCUT2D eigenvalue weighted by Gasteiger charge is -2.18. The van der Waals surface area contributed by atoms with Gasteiger partial charge in [0.2, 0.25) is 5.91 Å². The quantitative estimate of drug-likeness (QED) is 0.782. The van der Waals surface area contributed by atoms with E-state index < -0.39 is 23.7 Å². The third-order valence-electron chi connectivity index (χ3n) is 3.69. The molecule has 0 heterocycles. The molecule has 0 saturated heterocycles. The molecule has 1 N–H and O–H groups in total. The summed E-state index contributed by atoms with van der Waals surface area (Å²) in [6.45, 7) is 0. The number of hydrogen-bond donors (Lipinski definition) is 1. The summed E-state index contributed by atoms with van der Waals surface area (Å²) in [7, 11) is 2.80. The number of benzene rings is 2. The van der Waals surface area contributed by atoms with Gasteiger partial charge in [0.15, 0.2) is 0 Å². The Labute approximate surface area is 145 Å². The van der Waals surface area contributed by atoms with E-state index >= 15 is 0 Å². The van der Waals surface area contributed by atoms with Crippen LogP contribution in [-0.4, -0.2) is 32.1 Å². The molecule has 2 aromatic carbocycles. The van der Waals surface area contributed by atoms with Crippen LogP contribution >= 0.6 is 0 Å². The van der Waals surface area contributed by atoms with E-state index in [1.54, 1.807) is 12.1 Å². The first-order valence-corrected chi connectivity index (χ1v) is 7.77. The second-order valence-corrected chi connectivity index (χ2v) is 5.47. The summed E-state index contributed by atoms with van der Waals surface area (Å²) >= 11 is 0.